The van der Waals surface area contributed by atoms with Crippen molar-refractivity contribution >= 4 is 29.1 Å². The van der Waals surface area contributed by atoms with Crippen molar-refractivity contribution in [3.63, 3.8) is 0 Å². The van der Waals surface area contributed by atoms with Crippen molar-refractivity contribution in [1.29, 1.82) is 0 Å². The molecule has 0 radical (unpaired) electrons. The molecule has 0 spiro atoms. The van der Waals surface area contributed by atoms with E-state index >= 15 is 0 Å². The Morgan fingerprint density at radius 2 is 2.03 bits per heavy atom. The first kappa shape index (κ1) is 24.5. The molecule has 8 atom stereocenters. The van der Waals surface area contributed by atoms with Crippen LogP contribution in [0.15, 0.2) is 46.6 Å². The second-order valence-corrected chi connectivity index (χ2v) is 11.7. The molecule has 8 heteroatoms. The van der Waals surface area contributed by atoms with Gasteiger partial charge in [-0.05, 0) is 61.8 Å². The van der Waals surface area contributed by atoms with E-state index in [0.717, 1.165) is 5.57 Å². The first-order chi connectivity index (χ1) is 16.5. The van der Waals surface area contributed by atoms with Gasteiger partial charge in [0.2, 0.25) is 11.5 Å². The van der Waals surface area contributed by atoms with Crippen molar-refractivity contribution in [3.8, 4) is 0 Å². The number of Topliss-reactive ketones (excluding diaryl/α,β-unsaturated/α-hetero) is 1. The highest BCUT2D eigenvalue weighted by atomic mass is 35.5. The van der Waals surface area contributed by atoms with Crippen molar-refractivity contribution < 1.29 is 33.8 Å². The largest absolute Gasteiger partial charge is 0.457 e. The lowest BCUT2D eigenvalue weighted by molar-refractivity contribution is -0.181. The van der Waals surface area contributed by atoms with E-state index in [9.17, 15) is 24.6 Å². The van der Waals surface area contributed by atoms with Crippen LogP contribution in [0.4, 0.5) is 0 Å². The molecule has 1 heterocycles. The van der Waals surface area contributed by atoms with Crippen molar-refractivity contribution in [1.82, 2.24) is 0 Å². The summed E-state index contributed by atoms with van der Waals surface area (Å²) < 4.78 is 11.2. The van der Waals surface area contributed by atoms with E-state index in [2.05, 4.69) is 0 Å². The summed E-state index contributed by atoms with van der Waals surface area (Å²) in [6.45, 7) is 4.90. The average Bonchev–Trinajstić information content (AvgIpc) is 3.42. The molecule has 5 rings (SSSR count). The standard InChI is InChI=1S/C27H31ClO7/c1-15-11-19-18-7-6-16-12-17(30)8-9-24(16,2)26(18,28)21(31)13-25(19,3)27(15,22(32)14-29)35-23(33)20-5-4-10-34-20/h4-5,8-10,12,15,18-19,21,29,31H,6-7,11,13-14H2,1-3H3/t15?,18-,19-,21?,24-,25-,26?,27-/m0/s1. The summed E-state index contributed by atoms with van der Waals surface area (Å²) in [5.41, 5.74) is -2.44. The Balaban J connectivity index is 1.61. The van der Waals surface area contributed by atoms with Crippen LogP contribution in [0, 0.1) is 28.6 Å². The van der Waals surface area contributed by atoms with Crippen molar-refractivity contribution in [3.05, 3.63) is 48.0 Å². The van der Waals surface area contributed by atoms with E-state index in [1.165, 1.54) is 18.4 Å². The average molecular weight is 503 g/mol. The maximum Gasteiger partial charge on any atom is 0.375 e. The van der Waals surface area contributed by atoms with Crippen molar-refractivity contribution in [2.75, 3.05) is 6.61 Å². The molecular formula is C27H31ClO7. The fourth-order valence-corrected chi connectivity index (χ4v) is 8.63. The zero-order chi connectivity index (χ0) is 25.4. The van der Waals surface area contributed by atoms with Crippen LogP contribution in [0.3, 0.4) is 0 Å². The van der Waals surface area contributed by atoms with Crippen LogP contribution >= 0.6 is 11.6 Å². The second kappa shape index (κ2) is 7.89. The van der Waals surface area contributed by atoms with Gasteiger partial charge in [0.25, 0.3) is 0 Å². The van der Waals surface area contributed by atoms with Gasteiger partial charge in [0, 0.05) is 16.7 Å². The number of furan rings is 1. The van der Waals surface area contributed by atoms with Crippen LogP contribution in [0.1, 0.15) is 57.0 Å². The van der Waals surface area contributed by atoms with E-state index < -0.39 is 51.7 Å². The fourth-order valence-electron chi connectivity index (χ4n) is 8.11. The third-order valence-electron chi connectivity index (χ3n) is 9.71. The van der Waals surface area contributed by atoms with Gasteiger partial charge in [-0.1, -0.05) is 32.4 Å². The zero-order valence-corrected chi connectivity index (χ0v) is 20.9. The summed E-state index contributed by atoms with van der Waals surface area (Å²) >= 11 is 7.45. The minimum atomic E-state index is -1.65. The second-order valence-electron chi connectivity index (χ2n) is 11.1. The summed E-state index contributed by atoms with van der Waals surface area (Å²) in [7, 11) is 0. The normalized spacial score (nSPS) is 44.2. The predicted molar refractivity (Wildman–Crippen MR) is 127 cm³/mol. The molecule has 3 unspecified atom stereocenters. The van der Waals surface area contributed by atoms with Gasteiger partial charge < -0.3 is 19.4 Å². The molecule has 0 bridgehead atoms. The minimum absolute atomic E-state index is 0.0330. The van der Waals surface area contributed by atoms with Gasteiger partial charge in [0.15, 0.2) is 11.4 Å². The molecular weight excluding hydrogens is 472 g/mol. The number of esters is 1. The highest BCUT2D eigenvalue weighted by molar-refractivity contribution is 6.26. The topological polar surface area (TPSA) is 114 Å². The maximum absolute atomic E-state index is 13.5. The maximum atomic E-state index is 13.5. The number of allylic oxidation sites excluding steroid dienone is 4. The number of alkyl halides is 1. The Morgan fingerprint density at radius 3 is 2.69 bits per heavy atom. The molecule has 35 heavy (non-hydrogen) atoms. The van der Waals surface area contributed by atoms with Crippen LogP contribution in [0.5, 0.6) is 0 Å². The highest BCUT2D eigenvalue weighted by Gasteiger charge is 2.76. The Morgan fingerprint density at radius 1 is 1.29 bits per heavy atom. The van der Waals surface area contributed by atoms with E-state index in [-0.39, 0.29) is 29.8 Å². The number of ketones is 2. The molecule has 0 aliphatic heterocycles. The van der Waals surface area contributed by atoms with Gasteiger partial charge in [-0.2, -0.15) is 0 Å². The molecule has 4 aliphatic rings. The molecule has 0 saturated heterocycles. The number of aliphatic hydroxyl groups excluding tert-OH is 2. The minimum Gasteiger partial charge on any atom is -0.457 e. The number of rotatable bonds is 4. The van der Waals surface area contributed by atoms with E-state index in [1.807, 2.05) is 26.8 Å². The molecule has 3 fully saturated rings. The molecule has 2 N–H and O–H groups in total. The van der Waals surface area contributed by atoms with Gasteiger partial charge in [0.05, 0.1) is 17.2 Å². The van der Waals surface area contributed by atoms with E-state index in [0.29, 0.717) is 19.3 Å². The Hall–Kier alpha value is -2.22. The first-order valence-electron chi connectivity index (χ1n) is 12.2. The number of hydrogen-bond donors (Lipinski definition) is 2. The molecule has 1 aromatic heterocycles. The fraction of sp³-hybridized carbons (Fsp3) is 0.593. The van der Waals surface area contributed by atoms with Crippen LogP contribution in [-0.2, 0) is 14.3 Å². The van der Waals surface area contributed by atoms with Gasteiger partial charge in [-0.3, -0.25) is 9.59 Å². The number of halogens is 1. The Labute approximate surface area is 209 Å². The van der Waals surface area contributed by atoms with Crippen LogP contribution in [-0.4, -0.2) is 50.9 Å². The first-order valence-corrected chi connectivity index (χ1v) is 12.6. The number of aliphatic hydroxyl groups is 2. The summed E-state index contributed by atoms with van der Waals surface area (Å²) in [6, 6.07) is 3.02. The summed E-state index contributed by atoms with van der Waals surface area (Å²) in [6.07, 6.45) is 7.17. The van der Waals surface area contributed by atoms with Gasteiger partial charge in [-0.15, -0.1) is 11.6 Å². The lowest BCUT2D eigenvalue weighted by Gasteiger charge is -2.64. The van der Waals surface area contributed by atoms with E-state index in [4.69, 9.17) is 20.8 Å². The van der Waals surface area contributed by atoms with Crippen LogP contribution in [0.2, 0.25) is 0 Å². The number of carbonyl (C=O) groups excluding carboxylic acids is 3. The van der Waals surface area contributed by atoms with E-state index in [1.54, 1.807) is 12.1 Å². The smallest absolute Gasteiger partial charge is 0.375 e. The number of hydrogen-bond acceptors (Lipinski definition) is 7. The Kier molecular flexibility index (Phi) is 5.52. The molecule has 1 aromatic rings. The quantitative estimate of drug-likeness (QED) is 0.477. The Bertz CT molecular complexity index is 1140. The molecule has 3 saturated carbocycles. The SMILES string of the molecule is CC1C[C@H]2[C@@H]3CCC4=CC(=O)C=C[C@]4(C)C3(Cl)C(O)C[C@]2(C)[C@@]1(OC(=O)c1ccco1)C(=O)CO. The lowest BCUT2D eigenvalue weighted by Crippen LogP contribution is -2.69. The molecule has 0 amide bonds. The van der Waals surface area contributed by atoms with Crippen molar-refractivity contribution in [2.45, 2.75) is 63.0 Å². The highest BCUT2D eigenvalue weighted by Crippen LogP contribution is 2.72. The summed E-state index contributed by atoms with van der Waals surface area (Å²) in [5, 5.41) is 21.7. The summed E-state index contributed by atoms with van der Waals surface area (Å²) in [4.78, 5) is 37.5. The number of ether oxygens (including phenoxy) is 1. The van der Waals surface area contributed by atoms with Gasteiger partial charge in [0.1, 0.15) is 6.61 Å². The molecule has 4 aliphatic carbocycles. The van der Waals surface area contributed by atoms with Gasteiger partial charge >= 0.3 is 5.97 Å². The van der Waals surface area contributed by atoms with Crippen LogP contribution in [0.25, 0.3) is 0 Å². The zero-order valence-electron chi connectivity index (χ0n) is 20.1. The predicted octanol–water partition coefficient (Wildman–Crippen LogP) is 3.62. The molecule has 188 valence electrons. The summed E-state index contributed by atoms with van der Waals surface area (Å²) in [5.74, 6) is -2.28. The third kappa shape index (κ3) is 2.95. The molecule has 7 nitrogen and oxygen atoms in total. The van der Waals surface area contributed by atoms with Gasteiger partial charge in [-0.25, -0.2) is 4.79 Å². The van der Waals surface area contributed by atoms with Crippen LogP contribution < -0.4 is 0 Å². The third-order valence-corrected chi connectivity index (χ3v) is 10.6. The van der Waals surface area contributed by atoms with Crippen molar-refractivity contribution in [2.24, 2.45) is 28.6 Å². The molecule has 0 aromatic carbocycles. The number of fused-ring (bicyclic) bond motifs is 5. The monoisotopic (exact) mass is 502 g/mol. The number of carbonyl (C=O) groups is 3. The lowest BCUT2D eigenvalue weighted by atomic mass is 9.45.